The van der Waals surface area contributed by atoms with E-state index in [1.54, 1.807) is 0 Å². The van der Waals surface area contributed by atoms with Gasteiger partial charge in [0.15, 0.2) is 0 Å². The molecule has 0 aliphatic carbocycles. The summed E-state index contributed by atoms with van der Waals surface area (Å²) in [7, 11) is 0. The maximum absolute atomic E-state index is 10.6. The number of nitrogens with zero attached hydrogens (tertiary/aromatic N) is 2. The van der Waals surface area contributed by atoms with E-state index in [9.17, 15) is 5.11 Å². The molecule has 2 heterocycles. The van der Waals surface area contributed by atoms with Crippen LogP contribution in [0.2, 0.25) is 0 Å². The first-order valence-corrected chi connectivity index (χ1v) is 9.15. The maximum Gasteiger partial charge on any atom is 0.0793 e. The molecule has 2 aliphatic rings. The molecule has 1 aromatic rings. The Bertz CT molecular complexity index is 459. The molecule has 0 bridgehead atoms. The van der Waals surface area contributed by atoms with Crippen molar-refractivity contribution in [3.63, 3.8) is 0 Å². The van der Waals surface area contributed by atoms with Crippen LogP contribution in [0.5, 0.6) is 0 Å². The predicted molar refractivity (Wildman–Crippen MR) is 94.2 cm³/mol. The Labute approximate surface area is 145 Å². The van der Waals surface area contributed by atoms with Crippen LogP contribution in [-0.2, 0) is 15.9 Å². The van der Waals surface area contributed by atoms with Crippen LogP contribution in [0.4, 0.5) is 0 Å². The molecule has 2 fully saturated rings. The predicted octanol–water partition coefficient (Wildman–Crippen LogP) is 1.01. The minimum atomic E-state index is -0.320. The first-order valence-electron chi connectivity index (χ1n) is 9.15. The molecule has 2 saturated heterocycles. The molecule has 3 rings (SSSR count). The molecule has 5 nitrogen and oxygen atoms in total. The number of rotatable bonds is 8. The molecule has 0 radical (unpaired) electrons. The summed E-state index contributed by atoms with van der Waals surface area (Å²) in [5.74, 6) is 0. The normalized spacial score (nSPS) is 23.7. The van der Waals surface area contributed by atoms with Gasteiger partial charge in [0.05, 0.1) is 25.9 Å². The molecular weight excluding hydrogens is 304 g/mol. The van der Waals surface area contributed by atoms with Crippen molar-refractivity contribution in [2.24, 2.45) is 0 Å². The van der Waals surface area contributed by atoms with Crippen molar-refractivity contribution in [1.82, 2.24) is 9.80 Å². The summed E-state index contributed by atoms with van der Waals surface area (Å²) >= 11 is 0. The van der Waals surface area contributed by atoms with Crippen molar-refractivity contribution in [2.75, 3.05) is 59.2 Å². The van der Waals surface area contributed by atoms with E-state index < -0.39 is 0 Å². The lowest BCUT2D eigenvalue weighted by Crippen LogP contribution is -2.47. The quantitative estimate of drug-likeness (QED) is 0.769. The Balaban J connectivity index is 1.51. The van der Waals surface area contributed by atoms with Gasteiger partial charge >= 0.3 is 0 Å². The van der Waals surface area contributed by atoms with Gasteiger partial charge in [-0.3, -0.25) is 9.80 Å². The van der Waals surface area contributed by atoms with Gasteiger partial charge in [-0.25, -0.2) is 0 Å². The summed E-state index contributed by atoms with van der Waals surface area (Å²) in [6.45, 7) is 7.46. The molecule has 0 saturated carbocycles. The van der Waals surface area contributed by atoms with Crippen LogP contribution in [0.25, 0.3) is 0 Å². The van der Waals surface area contributed by atoms with Crippen molar-refractivity contribution < 1.29 is 14.6 Å². The van der Waals surface area contributed by atoms with E-state index in [-0.39, 0.29) is 6.10 Å². The average Bonchev–Trinajstić information content (AvgIpc) is 3.15. The topological polar surface area (TPSA) is 45.2 Å². The highest BCUT2D eigenvalue weighted by Crippen LogP contribution is 2.15. The summed E-state index contributed by atoms with van der Waals surface area (Å²) in [5, 5.41) is 10.6. The van der Waals surface area contributed by atoms with Crippen molar-refractivity contribution in [2.45, 2.75) is 25.0 Å². The molecule has 2 unspecified atom stereocenters. The minimum Gasteiger partial charge on any atom is -0.390 e. The van der Waals surface area contributed by atoms with E-state index in [2.05, 4.69) is 40.1 Å². The van der Waals surface area contributed by atoms with Crippen LogP contribution in [0, 0.1) is 0 Å². The van der Waals surface area contributed by atoms with Gasteiger partial charge in [0, 0.05) is 45.4 Å². The van der Waals surface area contributed by atoms with Crippen molar-refractivity contribution in [3.05, 3.63) is 35.9 Å². The average molecular weight is 334 g/mol. The second kappa shape index (κ2) is 9.49. The zero-order chi connectivity index (χ0) is 16.6. The second-order valence-electron chi connectivity index (χ2n) is 6.81. The second-order valence-corrected chi connectivity index (χ2v) is 6.81. The van der Waals surface area contributed by atoms with Crippen molar-refractivity contribution >= 4 is 0 Å². The van der Waals surface area contributed by atoms with Crippen LogP contribution in [0.3, 0.4) is 0 Å². The Hall–Kier alpha value is -0.980. The summed E-state index contributed by atoms with van der Waals surface area (Å²) in [6, 6.07) is 11.0. The summed E-state index contributed by atoms with van der Waals surface area (Å²) in [6.07, 6.45) is 1.76. The van der Waals surface area contributed by atoms with E-state index in [1.165, 1.54) is 5.56 Å². The standard InChI is InChI=1S/C19H30N2O3/c22-19(14-20-9-12-23-13-10-20)15-21(18-7-11-24-16-18)8-6-17-4-2-1-3-5-17/h1-5,18-19,22H,6-16H2. The van der Waals surface area contributed by atoms with Crippen LogP contribution < -0.4 is 0 Å². The van der Waals surface area contributed by atoms with Crippen LogP contribution in [0.1, 0.15) is 12.0 Å². The largest absolute Gasteiger partial charge is 0.390 e. The molecule has 24 heavy (non-hydrogen) atoms. The fourth-order valence-corrected chi connectivity index (χ4v) is 3.56. The first kappa shape index (κ1) is 17.8. The summed E-state index contributed by atoms with van der Waals surface area (Å²) in [5.41, 5.74) is 1.35. The molecule has 5 heteroatoms. The van der Waals surface area contributed by atoms with Gasteiger partial charge in [-0.05, 0) is 18.4 Å². The fraction of sp³-hybridized carbons (Fsp3) is 0.684. The van der Waals surface area contributed by atoms with Gasteiger partial charge in [-0.1, -0.05) is 30.3 Å². The third-order valence-electron chi connectivity index (χ3n) is 4.97. The molecular formula is C19H30N2O3. The Kier molecular flexibility index (Phi) is 7.05. The number of ether oxygens (including phenoxy) is 2. The highest BCUT2D eigenvalue weighted by Gasteiger charge is 2.26. The number of benzene rings is 1. The number of aliphatic hydroxyl groups excluding tert-OH is 1. The number of aliphatic hydroxyl groups is 1. The monoisotopic (exact) mass is 334 g/mol. The lowest BCUT2D eigenvalue weighted by atomic mass is 10.1. The number of hydrogen-bond donors (Lipinski definition) is 1. The molecule has 134 valence electrons. The minimum absolute atomic E-state index is 0.320. The van der Waals surface area contributed by atoms with Crippen LogP contribution in [-0.4, -0.2) is 86.2 Å². The van der Waals surface area contributed by atoms with Gasteiger partial charge in [-0.2, -0.15) is 0 Å². The number of hydrogen-bond acceptors (Lipinski definition) is 5. The molecule has 2 aliphatic heterocycles. The van der Waals surface area contributed by atoms with Crippen molar-refractivity contribution in [3.8, 4) is 0 Å². The zero-order valence-corrected chi connectivity index (χ0v) is 14.5. The molecule has 0 aromatic heterocycles. The van der Waals surface area contributed by atoms with Crippen LogP contribution in [0.15, 0.2) is 30.3 Å². The molecule has 0 amide bonds. The van der Waals surface area contributed by atoms with Gasteiger partial charge in [-0.15, -0.1) is 0 Å². The van der Waals surface area contributed by atoms with E-state index in [4.69, 9.17) is 9.47 Å². The number of morpholine rings is 1. The highest BCUT2D eigenvalue weighted by molar-refractivity contribution is 5.14. The van der Waals surface area contributed by atoms with Gasteiger partial charge < -0.3 is 14.6 Å². The third-order valence-corrected chi connectivity index (χ3v) is 4.97. The highest BCUT2D eigenvalue weighted by atomic mass is 16.5. The Morgan fingerprint density at radius 3 is 2.62 bits per heavy atom. The van der Waals surface area contributed by atoms with E-state index in [0.29, 0.717) is 6.04 Å². The Morgan fingerprint density at radius 1 is 1.12 bits per heavy atom. The molecule has 1 N–H and O–H groups in total. The molecule has 1 aromatic carbocycles. The third kappa shape index (κ3) is 5.53. The molecule has 0 spiro atoms. The fourth-order valence-electron chi connectivity index (χ4n) is 3.56. The summed E-state index contributed by atoms with van der Waals surface area (Å²) < 4.78 is 11.0. The lowest BCUT2D eigenvalue weighted by molar-refractivity contribution is 0.00256. The lowest BCUT2D eigenvalue weighted by Gasteiger charge is -2.33. The zero-order valence-electron chi connectivity index (χ0n) is 14.5. The van der Waals surface area contributed by atoms with E-state index >= 15 is 0 Å². The van der Waals surface area contributed by atoms with E-state index in [0.717, 1.165) is 72.0 Å². The first-order chi connectivity index (χ1) is 11.8. The SMILES string of the molecule is OC(CN1CCOCC1)CN(CCc1ccccc1)C1CCOC1. The maximum atomic E-state index is 10.6. The van der Waals surface area contributed by atoms with E-state index in [1.807, 2.05) is 0 Å². The summed E-state index contributed by atoms with van der Waals surface area (Å²) in [4.78, 5) is 4.72. The van der Waals surface area contributed by atoms with Crippen LogP contribution >= 0.6 is 0 Å². The number of β-amino-alcohol motifs (C(OH)–C–C–N with tert-alkyl or cyclic N) is 1. The smallest absolute Gasteiger partial charge is 0.0793 e. The Morgan fingerprint density at radius 2 is 1.92 bits per heavy atom. The molecule has 2 atom stereocenters. The van der Waals surface area contributed by atoms with Gasteiger partial charge in [0.2, 0.25) is 0 Å². The van der Waals surface area contributed by atoms with Crippen molar-refractivity contribution in [1.29, 1.82) is 0 Å². The van der Waals surface area contributed by atoms with Gasteiger partial charge in [0.1, 0.15) is 0 Å². The van der Waals surface area contributed by atoms with Gasteiger partial charge in [0.25, 0.3) is 0 Å².